The summed E-state index contributed by atoms with van der Waals surface area (Å²) in [5.41, 5.74) is 1.73. The predicted molar refractivity (Wildman–Crippen MR) is 124 cm³/mol. The second-order valence-electron chi connectivity index (χ2n) is 9.12. The minimum atomic E-state index is -3.39. The Balaban J connectivity index is 1.27. The third-order valence-electron chi connectivity index (χ3n) is 6.88. The molecule has 1 aromatic heterocycles. The zero-order valence-electron chi connectivity index (χ0n) is 18.5. The molecule has 2 aliphatic rings. The number of nitrogens with zero attached hydrogens (tertiary/aromatic N) is 3. The van der Waals surface area contributed by atoms with Crippen molar-refractivity contribution in [2.24, 2.45) is 5.92 Å². The van der Waals surface area contributed by atoms with Gasteiger partial charge in [0.25, 0.3) is 0 Å². The number of benzene rings is 2. The fourth-order valence-electron chi connectivity index (χ4n) is 5.19. The van der Waals surface area contributed by atoms with Gasteiger partial charge in [0.15, 0.2) is 5.82 Å². The molecule has 0 atom stereocenters. The normalized spacial score (nSPS) is 22.1. The number of fused-ring (bicyclic) bond motifs is 2. The summed E-state index contributed by atoms with van der Waals surface area (Å²) in [5.74, 6) is -1.51. The van der Waals surface area contributed by atoms with E-state index >= 15 is 0 Å². The van der Waals surface area contributed by atoms with E-state index in [1.165, 1.54) is 39.8 Å². The third kappa shape index (κ3) is 4.06. The van der Waals surface area contributed by atoms with E-state index in [0.717, 1.165) is 17.3 Å². The van der Waals surface area contributed by atoms with Crippen molar-refractivity contribution in [2.45, 2.75) is 31.1 Å². The number of imidazole rings is 1. The minimum Gasteiger partial charge on any atom is -0.309 e. The van der Waals surface area contributed by atoms with E-state index in [1.54, 1.807) is 0 Å². The van der Waals surface area contributed by atoms with Gasteiger partial charge in [-0.05, 0) is 49.4 Å². The zero-order chi connectivity index (χ0) is 24.1. The van der Waals surface area contributed by atoms with E-state index in [-0.39, 0.29) is 22.9 Å². The number of rotatable bonds is 4. The number of halogens is 2. The number of hydrogen-bond acceptors (Lipinski definition) is 4. The van der Waals surface area contributed by atoms with Crippen molar-refractivity contribution in [2.75, 3.05) is 22.4 Å². The molecular formula is C24H24F2N4O3S. The second-order valence-corrected chi connectivity index (χ2v) is 11.0. The Morgan fingerprint density at radius 1 is 1.12 bits per heavy atom. The second kappa shape index (κ2) is 8.19. The quantitative estimate of drug-likeness (QED) is 0.604. The van der Waals surface area contributed by atoms with E-state index in [9.17, 15) is 22.0 Å². The van der Waals surface area contributed by atoms with Crippen LogP contribution < -0.4 is 9.62 Å². The maximum atomic E-state index is 13.5. The van der Waals surface area contributed by atoms with Gasteiger partial charge in [-0.1, -0.05) is 18.2 Å². The molecule has 0 unspecified atom stereocenters. The number of para-hydroxylation sites is 1. The molecule has 0 radical (unpaired) electrons. The van der Waals surface area contributed by atoms with E-state index in [4.69, 9.17) is 0 Å². The van der Waals surface area contributed by atoms with Crippen LogP contribution in [0.4, 0.5) is 20.3 Å². The Morgan fingerprint density at radius 2 is 1.79 bits per heavy atom. The van der Waals surface area contributed by atoms with Crippen molar-refractivity contribution in [3.63, 3.8) is 0 Å². The van der Waals surface area contributed by atoms with Gasteiger partial charge in [0, 0.05) is 23.9 Å². The monoisotopic (exact) mass is 486 g/mol. The standard InChI is InChI=1S/C24H24F2N4O3S/c1-34(32,33)30-14-24(20-4-2-3-5-21(20)30)8-6-16(7-9-24)23(31)28-22-13-29(15-27-22)19-11-17(25)10-18(26)12-19/h2-5,10-13,15-16H,6-9,14H2,1H3,(H,28,31). The number of carbonyl (C=O) groups excluding carboxylic acids is 1. The van der Waals surface area contributed by atoms with Gasteiger partial charge < -0.3 is 9.88 Å². The molecule has 2 aromatic carbocycles. The zero-order valence-corrected chi connectivity index (χ0v) is 19.4. The van der Waals surface area contributed by atoms with Gasteiger partial charge in [-0.15, -0.1) is 0 Å². The van der Waals surface area contributed by atoms with Crippen LogP contribution in [0, 0.1) is 17.6 Å². The molecule has 1 amide bonds. The summed E-state index contributed by atoms with van der Waals surface area (Å²) in [4.78, 5) is 17.0. The van der Waals surface area contributed by atoms with Crippen LogP contribution in [0.2, 0.25) is 0 Å². The number of sulfonamides is 1. The van der Waals surface area contributed by atoms with E-state index < -0.39 is 21.7 Å². The molecule has 178 valence electrons. The van der Waals surface area contributed by atoms with E-state index in [2.05, 4.69) is 10.3 Å². The summed E-state index contributed by atoms with van der Waals surface area (Å²) in [6, 6.07) is 10.7. The minimum absolute atomic E-state index is 0.170. The van der Waals surface area contributed by atoms with Gasteiger partial charge in [-0.3, -0.25) is 9.10 Å². The number of hydrogen-bond donors (Lipinski definition) is 1. The number of anilines is 2. The van der Waals surface area contributed by atoms with Crippen LogP contribution >= 0.6 is 0 Å². The van der Waals surface area contributed by atoms with E-state index in [1.807, 2.05) is 24.3 Å². The lowest BCUT2D eigenvalue weighted by atomic mass is 9.67. The molecular weight excluding hydrogens is 462 g/mol. The fraction of sp³-hybridized carbons (Fsp3) is 0.333. The predicted octanol–water partition coefficient (Wildman–Crippen LogP) is 4.00. The van der Waals surface area contributed by atoms with Crippen molar-refractivity contribution >= 4 is 27.4 Å². The van der Waals surface area contributed by atoms with Crippen molar-refractivity contribution in [1.82, 2.24) is 9.55 Å². The highest BCUT2D eigenvalue weighted by molar-refractivity contribution is 7.92. The number of nitrogens with one attached hydrogen (secondary N) is 1. The van der Waals surface area contributed by atoms with Crippen LogP contribution in [0.5, 0.6) is 0 Å². The van der Waals surface area contributed by atoms with Crippen LogP contribution in [-0.2, 0) is 20.2 Å². The highest BCUT2D eigenvalue weighted by Gasteiger charge is 2.47. The smallest absolute Gasteiger partial charge is 0.232 e. The fourth-order valence-corrected chi connectivity index (χ4v) is 6.18. The van der Waals surface area contributed by atoms with Gasteiger partial charge in [-0.25, -0.2) is 22.2 Å². The summed E-state index contributed by atoms with van der Waals surface area (Å²) in [6.45, 7) is 0.397. The highest BCUT2D eigenvalue weighted by atomic mass is 32.2. The Bertz CT molecular complexity index is 1340. The topological polar surface area (TPSA) is 84.3 Å². The van der Waals surface area contributed by atoms with Crippen LogP contribution in [-0.4, -0.2) is 36.7 Å². The summed E-state index contributed by atoms with van der Waals surface area (Å²) < 4.78 is 54.6. The molecule has 2 heterocycles. The lowest BCUT2D eigenvalue weighted by Crippen LogP contribution is -2.40. The van der Waals surface area contributed by atoms with Crippen molar-refractivity contribution in [3.05, 3.63) is 72.2 Å². The molecule has 34 heavy (non-hydrogen) atoms. The molecule has 0 saturated heterocycles. The molecule has 10 heteroatoms. The lowest BCUT2D eigenvalue weighted by molar-refractivity contribution is -0.121. The van der Waals surface area contributed by atoms with Gasteiger partial charge >= 0.3 is 0 Å². The Kier molecular flexibility index (Phi) is 5.43. The molecule has 3 aromatic rings. The molecule has 1 saturated carbocycles. The van der Waals surface area contributed by atoms with Crippen LogP contribution in [0.1, 0.15) is 31.2 Å². The number of aromatic nitrogens is 2. The molecule has 1 fully saturated rings. The van der Waals surface area contributed by atoms with Gasteiger partial charge in [-0.2, -0.15) is 0 Å². The Morgan fingerprint density at radius 3 is 2.47 bits per heavy atom. The molecule has 1 spiro atoms. The average molecular weight is 487 g/mol. The van der Waals surface area contributed by atoms with Crippen molar-refractivity contribution in [3.8, 4) is 5.69 Å². The van der Waals surface area contributed by atoms with E-state index in [0.29, 0.717) is 38.0 Å². The van der Waals surface area contributed by atoms with Gasteiger partial charge in [0.05, 0.1) is 23.8 Å². The summed E-state index contributed by atoms with van der Waals surface area (Å²) in [7, 11) is -3.39. The number of carbonyl (C=O) groups is 1. The maximum absolute atomic E-state index is 13.5. The maximum Gasteiger partial charge on any atom is 0.232 e. The summed E-state index contributed by atoms with van der Waals surface area (Å²) in [5, 5.41) is 2.80. The van der Waals surface area contributed by atoms with Crippen LogP contribution in [0.25, 0.3) is 5.69 Å². The third-order valence-corrected chi connectivity index (χ3v) is 8.01. The average Bonchev–Trinajstić information content (AvgIpc) is 3.37. The SMILES string of the molecule is CS(=O)(=O)N1CC2(CCC(C(=O)Nc3cn(-c4cc(F)cc(F)c4)cn3)CC2)c2ccccc21. The lowest BCUT2D eigenvalue weighted by Gasteiger charge is -2.37. The van der Waals surface area contributed by atoms with Crippen molar-refractivity contribution < 1.29 is 22.0 Å². The molecule has 7 nitrogen and oxygen atoms in total. The summed E-state index contributed by atoms with van der Waals surface area (Å²) in [6.07, 6.45) is 6.75. The summed E-state index contributed by atoms with van der Waals surface area (Å²) >= 11 is 0. The largest absolute Gasteiger partial charge is 0.309 e. The Hall–Kier alpha value is -3.27. The molecule has 5 rings (SSSR count). The molecule has 1 aliphatic heterocycles. The molecule has 1 aliphatic carbocycles. The number of amides is 1. The first kappa shape index (κ1) is 22.5. The first-order valence-corrected chi connectivity index (χ1v) is 12.9. The van der Waals surface area contributed by atoms with Gasteiger partial charge in [0.2, 0.25) is 15.9 Å². The van der Waals surface area contributed by atoms with Crippen LogP contribution in [0.3, 0.4) is 0 Å². The molecule has 1 N–H and O–H groups in total. The molecule has 0 bridgehead atoms. The Labute approximate surface area is 196 Å². The first-order valence-electron chi connectivity index (χ1n) is 11.0. The van der Waals surface area contributed by atoms with Crippen molar-refractivity contribution in [1.29, 1.82) is 0 Å². The van der Waals surface area contributed by atoms with Gasteiger partial charge in [0.1, 0.15) is 18.0 Å². The van der Waals surface area contributed by atoms with Crippen LogP contribution in [0.15, 0.2) is 55.0 Å². The highest BCUT2D eigenvalue weighted by Crippen LogP contribution is 2.51. The first-order chi connectivity index (χ1) is 16.1.